The third-order valence-electron chi connectivity index (χ3n) is 7.80. The molecule has 2 heterocycles. The number of benzene rings is 3. The van der Waals surface area contributed by atoms with Crippen molar-refractivity contribution >= 4 is 28.3 Å². The van der Waals surface area contributed by atoms with Gasteiger partial charge in [0.1, 0.15) is 5.58 Å². The fourth-order valence-corrected chi connectivity index (χ4v) is 5.35. The Kier molecular flexibility index (Phi) is 7.97. The summed E-state index contributed by atoms with van der Waals surface area (Å²) in [5.74, 6) is 0.635. The topological polar surface area (TPSA) is 86.0 Å². The van der Waals surface area contributed by atoms with Crippen LogP contribution in [0.3, 0.4) is 0 Å². The van der Waals surface area contributed by atoms with E-state index in [1.807, 2.05) is 38.1 Å². The molecule has 212 valence electrons. The Morgan fingerprint density at radius 1 is 0.927 bits per heavy atom. The van der Waals surface area contributed by atoms with Gasteiger partial charge in [-0.2, -0.15) is 0 Å². The van der Waals surface area contributed by atoms with Crippen molar-refractivity contribution in [1.82, 2.24) is 0 Å². The molecule has 1 aromatic heterocycles. The van der Waals surface area contributed by atoms with Crippen molar-refractivity contribution in [2.45, 2.75) is 59.4 Å². The smallest absolute Gasteiger partial charge is 0.295 e. The van der Waals surface area contributed by atoms with Crippen LogP contribution in [0.4, 0.5) is 5.69 Å². The zero-order chi connectivity index (χ0) is 29.3. The van der Waals surface area contributed by atoms with E-state index in [9.17, 15) is 14.4 Å². The molecule has 0 saturated heterocycles. The zero-order valence-electron chi connectivity index (χ0n) is 24.2. The number of ketones is 1. The summed E-state index contributed by atoms with van der Waals surface area (Å²) in [5.41, 5.74) is 4.08. The standard InChI is InChI=1S/C34H35NO6/c1-6-7-8-9-16-40-27-15-12-24(19-29(27)39-5)31-30-32(37)26-17-20(2)21(3)18-28(26)41-33(30)34(38)35(31)25-13-10-23(11-14-25)22(4)36/h10-15,17-19,31H,6-9,16H2,1-5H3. The van der Waals surface area contributed by atoms with Crippen LogP contribution in [0.5, 0.6) is 11.5 Å². The van der Waals surface area contributed by atoms with Gasteiger partial charge in [0.25, 0.3) is 5.91 Å². The van der Waals surface area contributed by atoms with Crippen molar-refractivity contribution in [2.75, 3.05) is 18.6 Å². The first-order chi connectivity index (χ1) is 19.7. The predicted molar refractivity (Wildman–Crippen MR) is 160 cm³/mol. The van der Waals surface area contributed by atoms with Crippen molar-refractivity contribution in [3.05, 3.63) is 98.4 Å². The number of rotatable bonds is 10. The summed E-state index contributed by atoms with van der Waals surface area (Å²) in [4.78, 5) is 41.5. The maximum absolute atomic E-state index is 14.0. The molecular weight excluding hydrogens is 518 g/mol. The third-order valence-corrected chi connectivity index (χ3v) is 7.80. The van der Waals surface area contributed by atoms with Crippen LogP contribution in [0.15, 0.2) is 63.8 Å². The average Bonchev–Trinajstić information content (AvgIpc) is 3.26. The Balaban J connectivity index is 1.64. The number of unbranched alkanes of at least 4 members (excludes halogenated alkanes) is 3. The zero-order valence-corrected chi connectivity index (χ0v) is 24.2. The third kappa shape index (κ3) is 5.24. The molecule has 1 atom stereocenters. The first-order valence-corrected chi connectivity index (χ1v) is 14.1. The maximum Gasteiger partial charge on any atom is 0.295 e. The molecule has 0 fully saturated rings. The summed E-state index contributed by atoms with van der Waals surface area (Å²) >= 11 is 0. The fourth-order valence-electron chi connectivity index (χ4n) is 5.35. The highest BCUT2D eigenvalue weighted by atomic mass is 16.5. The summed E-state index contributed by atoms with van der Waals surface area (Å²) in [6.07, 6.45) is 4.35. The van der Waals surface area contributed by atoms with Crippen LogP contribution in [-0.4, -0.2) is 25.4 Å². The van der Waals surface area contributed by atoms with Crippen LogP contribution in [0.2, 0.25) is 0 Å². The minimum Gasteiger partial charge on any atom is -0.493 e. The lowest BCUT2D eigenvalue weighted by Gasteiger charge is -2.26. The number of carbonyl (C=O) groups excluding carboxylic acids is 2. The molecule has 0 spiro atoms. The van der Waals surface area contributed by atoms with E-state index in [4.69, 9.17) is 13.9 Å². The maximum atomic E-state index is 14.0. The summed E-state index contributed by atoms with van der Waals surface area (Å²) in [6, 6.07) is 15.1. The number of ether oxygens (including phenoxy) is 2. The minimum atomic E-state index is -0.768. The normalized spacial score (nSPS) is 14.4. The predicted octanol–water partition coefficient (Wildman–Crippen LogP) is 7.33. The largest absolute Gasteiger partial charge is 0.493 e. The second-order valence-corrected chi connectivity index (χ2v) is 10.6. The summed E-state index contributed by atoms with van der Waals surface area (Å²) in [7, 11) is 1.57. The lowest BCUT2D eigenvalue weighted by Crippen LogP contribution is -2.29. The molecular formula is C34H35NO6. The van der Waals surface area contributed by atoms with Crippen molar-refractivity contribution in [2.24, 2.45) is 0 Å². The number of carbonyl (C=O) groups is 2. The van der Waals surface area contributed by atoms with E-state index in [2.05, 4.69) is 6.92 Å². The first kappa shape index (κ1) is 28.1. The number of hydrogen-bond acceptors (Lipinski definition) is 6. The number of Topliss-reactive ketones (excluding diaryl/α,β-unsaturated/α-hetero) is 1. The number of aryl methyl sites for hydroxylation is 2. The van der Waals surface area contributed by atoms with Gasteiger partial charge in [-0.1, -0.05) is 32.3 Å². The van der Waals surface area contributed by atoms with Crippen LogP contribution < -0.4 is 19.8 Å². The fraction of sp³-hybridized carbons (Fsp3) is 0.324. The molecule has 0 aliphatic carbocycles. The molecule has 0 radical (unpaired) electrons. The van der Waals surface area contributed by atoms with Gasteiger partial charge in [-0.05, 0) is 92.4 Å². The number of nitrogens with zero attached hydrogens (tertiary/aromatic N) is 1. The highest BCUT2D eigenvalue weighted by molar-refractivity contribution is 6.11. The van der Waals surface area contributed by atoms with Gasteiger partial charge in [0.05, 0.1) is 30.7 Å². The summed E-state index contributed by atoms with van der Waals surface area (Å²) in [5, 5.41) is 0.428. The van der Waals surface area contributed by atoms with Crippen LogP contribution in [0.1, 0.15) is 88.7 Å². The van der Waals surface area contributed by atoms with Gasteiger partial charge in [-0.3, -0.25) is 19.3 Å². The second-order valence-electron chi connectivity index (χ2n) is 10.6. The molecule has 1 aliphatic heterocycles. The number of fused-ring (bicyclic) bond motifs is 2. The highest BCUT2D eigenvalue weighted by Crippen LogP contribution is 2.43. The van der Waals surface area contributed by atoms with Crippen molar-refractivity contribution in [3.8, 4) is 11.5 Å². The number of hydrogen-bond donors (Lipinski definition) is 0. The summed E-state index contributed by atoms with van der Waals surface area (Å²) in [6.45, 7) is 8.12. The monoisotopic (exact) mass is 553 g/mol. The number of amides is 1. The van der Waals surface area contributed by atoms with Gasteiger partial charge in [-0.25, -0.2) is 0 Å². The molecule has 4 aromatic rings. The summed E-state index contributed by atoms with van der Waals surface area (Å²) < 4.78 is 17.9. The molecule has 1 aliphatic rings. The molecule has 5 rings (SSSR count). The molecule has 41 heavy (non-hydrogen) atoms. The molecule has 0 bridgehead atoms. The quantitative estimate of drug-likeness (QED) is 0.151. The van der Waals surface area contributed by atoms with Gasteiger partial charge in [0.15, 0.2) is 22.7 Å². The van der Waals surface area contributed by atoms with Crippen LogP contribution in [-0.2, 0) is 0 Å². The van der Waals surface area contributed by atoms with Gasteiger partial charge in [0.2, 0.25) is 5.76 Å². The van der Waals surface area contributed by atoms with Crippen LogP contribution in [0.25, 0.3) is 11.0 Å². The van der Waals surface area contributed by atoms with E-state index in [1.54, 1.807) is 42.3 Å². The lowest BCUT2D eigenvalue weighted by atomic mass is 9.96. The highest BCUT2D eigenvalue weighted by Gasteiger charge is 2.44. The van der Waals surface area contributed by atoms with E-state index in [1.165, 1.54) is 6.92 Å². The number of methoxy groups -OCH3 is 1. The van der Waals surface area contributed by atoms with E-state index < -0.39 is 11.9 Å². The Morgan fingerprint density at radius 3 is 2.34 bits per heavy atom. The van der Waals surface area contributed by atoms with Gasteiger partial charge in [0, 0.05) is 11.3 Å². The first-order valence-electron chi connectivity index (χ1n) is 14.1. The molecule has 7 heteroatoms. The van der Waals surface area contributed by atoms with Gasteiger partial charge in [-0.15, -0.1) is 0 Å². The average molecular weight is 554 g/mol. The number of anilines is 1. The Labute approximate surface area is 239 Å². The minimum absolute atomic E-state index is 0.0154. The van der Waals surface area contributed by atoms with E-state index in [-0.39, 0.29) is 22.5 Å². The van der Waals surface area contributed by atoms with Crippen molar-refractivity contribution in [3.63, 3.8) is 0 Å². The molecule has 1 unspecified atom stereocenters. The molecule has 7 nitrogen and oxygen atoms in total. The Bertz CT molecular complexity index is 1680. The van der Waals surface area contributed by atoms with Gasteiger partial charge >= 0.3 is 0 Å². The second kappa shape index (κ2) is 11.6. The SMILES string of the molecule is CCCCCCOc1ccc(C2c3c(oc4cc(C)c(C)cc4c3=O)C(=O)N2c2ccc(C(C)=O)cc2)cc1OC. The molecule has 0 N–H and O–H groups in total. The van der Waals surface area contributed by atoms with E-state index >= 15 is 0 Å². The van der Waals surface area contributed by atoms with Crippen molar-refractivity contribution in [1.29, 1.82) is 0 Å². The Morgan fingerprint density at radius 2 is 1.66 bits per heavy atom. The van der Waals surface area contributed by atoms with Crippen molar-refractivity contribution < 1.29 is 23.5 Å². The van der Waals surface area contributed by atoms with E-state index in [0.717, 1.165) is 36.8 Å². The van der Waals surface area contributed by atoms with Gasteiger partial charge < -0.3 is 13.9 Å². The lowest BCUT2D eigenvalue weighted by molar-refractivity contribution is 0.0970. The van der Waals surface area contributed by atoms with E-state index in [0.29, 0.717) is 45.9 Å². The van der Waals surface area contributed by atoms with Crippen LogP contribution in [0, 0.1) is 13.8 Å². The molecule has 1 amide bonds. The Hall–Kier alpha value is -4.39. The molecule has 3 aromatic carbocycles. The van der Waals surface area contributed by atoms with Crippen LogP contribution >= 0.6 is 0 Å². The molecule has 0 saturated carbocycles.